The van der Waals surface area contributed by atoms with Gasteiger partial charge in [0.2, 0.25) is 11.8 Å². The molecule has 1 saturated heterocycles. The summed E-state index contributed by atoms with van der Waals surface area (Å²) in [5, 5.41) is 20.8. The monoisotopic (exact) mass is 455 g/mol. The van der Waals surface area contributed by atoms with Gasteiger partial charge in [-0.1, -0.05) is 17.7 Å². The third-order valence-corrected chi connectivity index (χ3v) is 5.96. The summed E-state index contributed by atoms with van der Waals surface area (Å²) in [5.41, 5.74) is 0.459. The number of tetrazole rings is 1. The van der Waals surface area contributed by atoms with E-state index in [-0.39, 0.29) is 18.2 Å². The summed E-state index contributed by atoms with van der Waals surface area (Å²) in [6.45, 7) is 0.897. The lowest BCUT2D eigenvalue weighted by Crippen LogP contribution is -2.51. The van der Waals surface area contributed by atoms with E-state index in [9.17, 15) is 9.59 Å². The number of fused-ring (bicyclic) bond motifs is 1. The van der Waals surface area contributed by atoms with Gasteiger partial charge in [0.15, 0.2) is 12.3 Å². The van der Waals surface area contributed by atoms with Crippen molar-refractivity contribution in [3.8, 4) is 17.1 Å². The molecule has 0 atom stereocenters. The van der Waals surface area contributed by atoms with E-state index < -0.39 is 11.6 Å². The van der Waals surface area contributed by atoms with Crippen molar-refractivity contribution in [3.05, 3.63) is 41.2 Å². The van der Waals surface area contributed by atoms with Crippen LogP contribution >= 0.6 is 11.6 Å². The number of ether oxygens (including phenoxy) is 1. The molecule has 5 rings (SSSR count). The highest BCUT2D eigenvalue weighted by Gasteiger charge is 2.43. The molecule has 32 heavy (non-hydrogen) atoms. The van der Waals surface area contributed by atoms with Gasteiger partial charge in [-0.2, -0.15) is 4.80 Å². The van der Waals surface area contributed by atoms with Gasteiger partial charge < -0.3 is 14.7 Å². The van der Waals surface area contributed by atoms with Crippen molar-refractivity contribution >= 4 is 29.3 Å². The number of carbonyl (C=O) groups is 2. The highest BCUT2D eigenvalue weighted by Crippen LogP contribution is 2.42. The number of hydrogen-bond donors (Lipinski definition) is 1. The molecule has 0 aliphatic carbocycles. The molecule has 1 spiro atoms. The molecule has 0 radical (unpaired) electrons. The molecule has 0 unspecified atom stereocenters. The third kappa shape index (κ3) is 3.75. The second-order valence-corrected chi connectivity index (χ2v) is 8.20. The number of halogens is 1. The second kappa shape index (κ2) is 7.83. The fraction of sp³-hybridized carbons (Fsp3) is 0.350. The molecule has 1 fully saturated rings. The van der Waals surface area contributed by atoms with Crippen LogP contribution in [0.3, 0.4) is 0 Å². The Balaban J connectivity index is 1.26. The number of piperidine rings is 1. The Kier molecular flexibility index (Phi) is 4.97. The number of carboxylic acids is 1. The topological polar surface area (TPSA) is 136 Å². The lowest BCUT2D eigenvalue weighted by molar-refractivity contribution is -0.138. The fourth-order valence-electron chi connectivity index (χ4n) is 4.05. The van der Waals surface area contributed by atoms with E-state index >= 15 is 0 Å². The average molecular weight is 456 g/mol. The number of anilines is 1. The second-order valence-electron chi connectivity index (χ2n) is 7.79. The van der Waals surface area contributed by atoms with Crippen molar-refractivity contribution in [1.82, 2.24) is 30.2 Å². The normalized spacial score (nSPS) is 17.2. The van der Waals surface area contributed by atoms with Crippen molar-refractivity contribution < 1.29 is 19.4 Å². The maximum absolute atomic E-state index is 12.7. The summed E-state index contributed by atoms with van der Waals surface area (Å²) in [6, 6.07) is 5.27. The molecule has 164 valence electrons. The van der Waals surface area contributed by atoms with Crippen LogP contribution in [0.4, 0.5) is 5.95 Å². The largest absolute Gasteiger partial charge is 0.486 e. The smallest absolute Gasteiger partial charge is 0.327 e. The van der Waals surface area contributed by atoms with Crippen molar-refractivity contribution in [2.75, 3.05) is 18.0 Å². The first kappa shape index (κ1) is 20.3. The molecular formula is C20H18ClN7O4. The number of ketones is 1. The number of nitrogens with zero attached hydrogens (tertiary/aromatic N) is 7. The predicted octanol–water partition coefficient (Wildman–Crippen LogP) is 1.87. The number of rotatable bonds is 4. The summed E-state index contributed by atoms with van der Waals surface area (Å²) in [4.78, 5) is 35.3. The van der Waals surface area contributed by atoms with Gasteiger partial charge in [0, 0.05) is 38.3 Å². The molecule has 0 saturated carbocycles. The molecule has 4 heterocycles. The molecule has 1 N–H and O–H groups in total. The van der Waals surface area contributed by atoms with Gasteiger partial charge in [0.05, 0.1) is 22.6 Å². The highest BCUT2D eigenvalue weighted by molar-refractivity contribution is 6.34. The predicted molar refractivity (Wildman–Crippen MR) is 112 cm³/mol. The van der Waals surface area contributed by atoms with E-state index in [2.05, 4.69) is 25.4 Å². The van der Waals surface area contributed by atoms with Crippen LogP contribution in [0.2, 0.25) is 5.02 Å². The third-order valence-electron chi connectivity index (χ3n) is 5.65. The molecule has 3 aromatic rings. The van der Waals surface area contributed by atoms with Crippen LogP contribution in [0.5, 0.6) is 5.75 Å². The first-order chi connectivity index (χ1) is 15.4. The quantitative estimate of drug-likeness (QED) is 0.620. The Morgan fingerprint density at radius 3 is 2.69 bits per heavy atom. The number of hydrogen-bond acceptors (Lipinski definition) is 9. The van der Waals surface area contributed by atoms with Gasteiger partial charge in [0.25, 0.3) is 0 Å². The molecule has 12 heteroatoms. The van der Waals surface area contributed by atoms with Crippen molar-refractivity contribution in [2.24, 2.45) is 0 Å². The van der Waals surface area contributed by atoms with Crippen LogP contribution in [-0.4, -0.2) is 65.7 Å². The van der Waals surface area contributed by atoms with E-state index in [1.807, 2.05) is 4.90 Å². The molecule has 0 amide bonds. The Morgan fingerprint density at radius 2 is 1.97 bits per heavy atom. The van der Waals surface area contributed by atoms with Gasteiger partial charge in [0.1, 0.15) is 11.4 Å². The lowest BCUT2D eigenvalue weighted by Gasteiger charge is -2.44. The minimum atomic E-state index is -1.06. The van der Waals surface area contributed by atoms with Crippen LogP contribution in [0.25, 0.3) is 11.4 Å². The maximum Gasteiger partial charge on any atom is 0.327 e. The van der Waals surface area contributed by atoms with Crippen LogP contribution < -0.4 is 9.64 Å². The number of aliphatic carboxylic acids is 1. The number of benzene rings is 1. The van der Waals surface area contributed by atoms with Crippen molar-refractivity contribution in [1.29, 1.82) is 0 Å². The zero-order chi connectivity index (χ0) is 22.3. The average Bonchev–Trinajstić information content (AvgIpc) is 3.22. The van der Waals surface area contributed by atoms with E-state index in [1.54, 1.807) is 30.6 Å². The van der Waals surface area contributed by atoms with Gasteiger partial charge >= 0.3 is 5.97 Å². The standard InChI is InChI=1S/C20H18ClN7O4/c21-13-2-1-3-15-17(13)14(29)8-20(32-15)4-6-27(7-5-20)19-22-9-12(10-23-19)18-24-26-28(25-18)11-16(30)31/h1-3,9-10H,4-8,11H2,(H,30,31). The summed E-state index contributed by atoms with van der Waals surface area (Å²) < 4.78 is 6.26. The van der Waals surface area contributed by atoms with E-state index in [0.29, 0.717) is 60.2 Å². The summed E-state index contributed by atoms with van der Waals surface area (Å²) >= 11 is 6.18. The number of aromatic nitrogens is 6. The molecule has 11 nitrogen and oxygen atoms in total. The van der Waals surface area contributed by atoms with E-state index in [0.717, 1.165) is 4.80 Å². The molecule has 2 aliphatic heterocycles. The number of carboxylic acid groups (broad SMARTS) is 1. The fourth-order valence-corrected chi connectivity index (χ4v) is 4.32. The van der Waals surface area contributed by atoms with Crippen LogP contribution in [0.15, 0.2) is 30.6 Å². The maximum atomic E-state index is 12.7. The zero-order valence-corrected chi connectivity index (χ0v) is 17.6. The Hall–Kier alpha value is -3.60. The Bertz CT molecular complexity index is 1190. The minimum Gasteiger partial charge on any atom is -0.486 e. The summed E-state index contributed by atoms with van der Waals surface area (Å²) in [5.74, 6) is 0.299. The SMILES string of the molecule is O=C(O)Cn1nnc(-c2cnc(N3CCC4(CC3)CC(=O)c3c(Cl)cccc3O4)nc2)n1. The molecule has 2 aromatic heterocycles. The number of Topliss-reactive ketones (excluding diaryl/α,β-unsaturated/α-hetero) is 1. The van der Waals surface area contributed by atoms with Crippen LogP contribution in [0.1, 0.15) is 29.6 Å². The van der Waals surface area contributed by atoms with Gasteiger partial charge in [-0.3, -0.25) is 9.59 Å². The van der Waals surface area contributed by atoms with Crippen LogP contribution in [-0.2, 0) is 11.3 Å². The van der Waals surface area contributed by atoms with Gasteiger partial charge in [-0.05, 0) is 17.3 Å². The molecule has 0 bridgehead atoms. The molecule has 1 aromatic carbocycles. The van der Waals surface area contributed by atoms with Crippen LogP contribution in [0, 0.1) is 0 Å². The Morgan fingerprint density at radius 1 is 1.22 bits per heavy atom. The molecule has 2 aliphatic rings. The first-order valence-electron chi connectivity index (χ1n) is 10.0. The first-order valence-corrected chi connectivity index (χ1v) is 10.4. The minimum absolute atomic E-state index is 0.00865. The zero-order valence-electron chi connectivity index (χ0n) is 16.8. The molecular weight excluding hydrogens is 438 g/mol. The Labute approximate surface area is 187 Å². The van der Waals surface area contributed by atoms with E-state index in [1.165, 1.54) is 0 Å². The lowest BCUT2D eigenvalue weighted by atomic mass is 9.82. The van der Waals surface area contributed by atoms with Crippen molar-refractivity contribution in [3.63, 3.8) is 0 Å². The number of carbonyl (C=O) groups excluding carboxylic acids is 1. The van der Waals surface area contributed by atoms with E-state index in [4.69, 9.17) is 21.4 Å². The van der Waals surface area contributed by atoms with Gasteiger partial charge in [-0.25, -0.2) is 9.97 Å². The van der Waals surface area contributed by atoms with Crippen molar-refractivity contribution in [2.45, 2.75) is 31.4 Å². The van der Waals surface area contributed by atoms with Gasteiger partial charge in [-0.15, -0.1) is 10.2 Å². The highest BCUT2D eigenvalue weighted by atomic mass is 35.5. The summed E-state index contributed by atoms with van der Waals surface area (Å²) in [6.07, 6.45) is 4.76. The summed E-state index contributed by atoms with van der Waals surface area (Å²) in [7, 11) is 0.